The Morgan fingerprint density at radius 1 is 1.28 bits per heavy atom. The van der Waals surface area contributed by atoms with Crippen LogP contribution in [0.3, 0.4) is 0 Å². The SMILES string of the molecule is COc1cccc(N2CCN(C(=O)c3cncc(F)c3)C(C)C2=O)c1. The third-order valence-electron chi connectivity index (χ3n) is 4.23. The van der Waals surface area contributed by atoms with Crippen molar-refractivity contribution in [1.82, 2.24) is 9.88 Å². The number of benzene rings is 1. The maximum Gasteiger partial charge on any atom is 0.256 e. The molecule has 1 unspecified atom stereocenters. The van der Waals surface area contributed by atoms with Gasteiger partial charge in [0.1, 0.15) is 17.6 Å². The van der Waals surface area contributed by atoms with Crippen LogP contribution in [0.1, 0.15) is 17.3 Å². The van der Waals surface area contributed by atoms with Gasteiger partial charge in [0, 0.05) is 31.0 Å². The first-order valence-electron chi connectivity index (χ1n) is 7.88. The lowest BCUT2D eigenvalue weighted by Crippen LogP contribution is -2.57. The van der Waals surface area contributed by atoms with Crippen LogP contribution >= 0.6 is 0 Å². The molecule has 1 fully saturated rings. The minimum atomic E-state index is -0.657. The van der Waals surface area contributed by atoms with E-state index < -0.39 is 17.8 Å². The number of piperazine rings is 1. The first-order chi connectivity index (χ1) is 12.0. The molecule has 3 rings (SSSR count). The quantitative estimate of drug-likeness (QED) is 0.856. The molecule has 2 aromatic rings. The number of ether oxygens (including phenoxy) is 1. The van der Waals surface area contributed by atoms with Gasteiger partial charge in [0.25, 0.3) is 5.91 Å². The number of anilines is 1. The van der Waals surface area contributed by atoms with Crippen molar-refractivity contribution in [1.29, 1.82) is 0 Å². The van der Waals surface area contributed by atoms with Crippen molar-refractivity contribution in [3.8, 4) is 5.75 Å². The molecule has 0 aliphatic carbocycles. The lowest BCUT2D eigenvalue weighted by molar-refractivity contribution is -0.124. The standard InChI is InChI=1S/C18H18FN3O3/c1-12-17(23)22(15-4-3-5-16(9-15)25-2)7-6-21(12)18(24)13-8-14(19)11-20-10-13/h3-5,8-12H,6-7H2,1-2H3. The topological polar surface area (TPSA) is 62.7 Å². The molecular weight excluding hydrogens is 325 g/mol. The molecule has 1 aromatic heterocycles. The summed E-state index contributed by atoms with van der Waals surface area (Å²) in [5, 5.41) is 0. The molecule has 0 saturated carbocycles. The van der Waals surface area contributed by atoms with Gasteiger partial charge in [-0.2, -0.15) is 0 Å². The maximum absolute atomic E-state index is 13.3. The first kappa shape index (κ1) is 16.9. The number of hydrogen-bond acceptors (Lipinski definition) is 4. The Morgan fingerprint density at radius 2 is 2.08 bits per heavy atom. The third-order valence-corrected chi connectivity index (χ3v) is 4.23. The number of rotatable bonds is 3. The zero-order valence-electron chi connectivity index (χ0n) is 14.0. The number of amides is 2. The van der Waals surface area contributed by atoms with Crippen molar-refractivity contribution in [3.63, 3.8) is 0 Å². The fourth-order valence-electron chi connectivity index (χ4n) is 2.88. The Morgan fingerprint density at radius 3 is 2.80 bits per heavy atom. The molecule has 1 aliphatic rings. The largest absolute Gasteiger partial charge is 0.497 e. The average Bonchev–Trinajstić information content (AvgIpc) is 2.63. The van der Waals surface area contributed by atoms with E-state index in [4.69, 9.17) is 4.74 Å². The zero-order valence-corrected chi connectivity index (χ0v) is 14.0. The predicted molar refractivity (Wildman–Crippen MR) is 90.0 cm³/mol. The number of carbonyl (C=O) groups excluding carboxylic acids is 2. The van der Waals surface area contributed by atoms with E-state index in [1.165, 1.54) is 11.1 Å². The second-order valence-corrected chi connectivity index (χ2v) is 5.76. The summed E-state index contributed by atoms with van der Waals surface area (Å²) in [6, 6.07) is 7.67. The summed E-state index contributed by atoms with van der Waals surface area (Å²) in [6.45, 7) is 2.36. The van der Waals surface area contributed by atoms with E-state index in [0.717, 1.165) is 18.0 Å². The molecule has 2 heterocycles. The lowest BCUT2D eigenvalue weighted by Gasteiger charge is -2.39. The van der Waals surface area contributed by atoms with Gasteiger partial charge >= 0.3 is 0 Å². The van der Waals surface area contributed by atoms with Gasteiger partial charge < -0.3 is 14.5 Å². The van der Waals surface area contributed by atoms with E-state index in [-0.39, 0.29) is 11.5 Å². The molecular formula is C18H18FN3O3. The van der Waals surface area contributed by atoms with Gasteiger partial charge in [0.2, 0.25) is 5.91 Å². The highest BCUT2D eigenvalue weighted by molar-refractivity contribution is 6.03. The van der Waals surface area contributed by atoms with E-state index >= 15 is 0 Å². The fourth-order valence-corrected chi connectivity index (χ4v) is 2.88. The van der Waals surface area contributed by atoms with Crippen molar-refractivity contribution >= 4 is 17.5 Å². The van der Waals surface area contributed by atoms with Crippen molar-refractivity contribution < 1.29 is 18.7 Å². The molecule has 0 radical (unpaired) electrons. The van der Waals surface area contributed by atoms with Gasteiger partial charge in [-0.05, 0) is 25.1 Å². The Bertz CT molecular complexity index is 812. The Labute approximate surface area is 144 Å². The average molecular weight is 343 g/mol. The van der Waals surface area contributed by atoms with Gasteiger partial charge in [-0.25, -0.2) is 4.39 Å². The molecule has 0 N–H and O–H groups in total. The summed E-state index contributed by atoms with van der Waals surface area (Å²) < 4.78 is 18.5. The van der Waals surface area contributed by atoms with Gasteiger partial charge in [-0.3, -0.25) is 14.6 Å². The second-order valence-electron chi connectivity index (χ2n) is 5.76. The molecule has 7 heteroatoms. The van der Waals surface area contributed by atoms with E-state index in [1.54, 1.807) is 31.1 Å². The number of methoxy groups -OCH3 is 1. The van der Waals surface area contributed by atoms with Crippen LogP contribution in [0.2, 0.25) is 0 Å². The number of pyridine rings is 1. The molecule has 1 atom stereocenters. The summed E-state index contributed by atoms with van der Waals surface area (Å²) >= 11 is 0. The summed E-state index contributed by atoms with van der Waals surface area (Å²) in [5.74, 6) is -0.530. The van der Waals surface area contributed by atoms with Crippen LogP contribution in [0.4, 0.5) is 10.1 Å². The number of carbonyl (C=O) groups is 2. The predicted octanol–water partition coefficient (Wildman–Crippen LogP) is 2.11. The number of aromatic nitrogens is 1. The van der Waals surface area contributed by atoms with E-state index in [0.29, 0.717) is 18.8 Å². The molecule has 1 saturated heterocycles. The molecule has 25 heavy (non-hydrogen) atoms. The maximum atomic E-state index is 13.3. The van der Waals surface area contributed by atoms with Crippen molar-refractivity contribution in [2.75, 3.05) is 25.1 Å². The highest BCUT2D eigenvalue weighted by Crippen LogP contribution is 2.25. The molecule has 0 bridgehead atoms. The molecule has 130 valence electrons. The highest BCUT2D eigenvalue weighted by Gasteiger charge is 2.35. The van der Waals surface area contributed by atoms with Crippen molar-refractivity contribution in [3.05, 3.63) is 54.1 Å². The Kier molecular flexibility index (Phi) is 4.65. The molecule has 1 aromatic carbocycles. The second kappa shape index (κ2) is 6.88. The van der Waals surface area contributed by atoms with Crippen molar-refractivity contribution in [2.45, 2.75) is 13.0 Å². The summed E-state index contributed by atoms with van der Waals surface area (Å²) in [7, 11) is 1.56. The summed E-state index contributed by atoms with van der Waals surface area (Å²) in [4.78, 5) is 32.1. The lowest BCUT2D eigenvalue weighted by atomic mass is 10.1. The number of halogens is 1. The minimum absolute atomic E-state index is 0.134. The van der Waals surface area contributed by atoms with Gasteiger partial charge in [0.15, 0.2) is 0 Å². The minimum Gasteiger partial charge on any atom is -0.497 e. The van der Waals surface area contributed by atoms with Crippen LogP contribution < -0.4 is 9.64 Å². The van der Waals surface area contributed by atoms with Crippen LogP contribution in [-0.4, -0.2) is 47.9 Å². The molecule has 0 spiro atoms. The van der Waals surface area contributed by atoms with Gasteiger partial charge in [-0.15, -0.1) is 0 Å². The van der Waals surface area contributed by atoms with Gasteiger partial charge in [-0.1, -0.05) is 6.07 Å². The van der Waals surface area contributed by atoms with Crippen LogP contribution in [-0.2, 0) is 4.79 Å². The summed E-state index contributed by atoms with van der Waals surface area (Å²) in [5.41, 5.74) is 0.852. The normalized spacial score (nSPS) is 17.6. The van der Waals surface area contributed by atoms with Crippen LogP contribution in [0.15, 0.2) is 42.7 Å². The fraction of sp³-hybridized carbons (Fsp3) is 0.278. The zero-order chi connectivity index (χ0) is 18.0. The summed E-state index contributed by atoms with van der Waals surface area (Å²) in [6.07, 6.45) is 2.34. The first-order valence-corrected chi connectivity index (χ1v) is 7.88. The van der Waals surface area contributed by atoms with E-state index in [2.05, 4.69) is 4.98 Å². The molecule has 1 aliphatic heterocycles. The Hall–Kier alpha value is -2.96. The molecule has 2 amide bonds. The third kappa shape index (κ3) is 3.31. The van der Waals surface area contributed by atoms with Crippen molar-refractivity contribution in [2.24, 2.45) is 0 Å². The number of hydrogen-bond donors (Lipinski definition) is 0. The number of nitrogens with zero attached hydrogens (tertiary/aromatic N) is 3. The van der Waals surface area contributed by atoms with E-state index in [1.807, 2.05) is 12.1 Å². The van der Waals surface area contributed by atoms with Gasteiger partial charge in [0.05, 0.1) is 18.9 Å². The Balaban J connectivity index is 1.80. The smallest absolute Gasteiger partial charge is 0.256 e. The van der Waals surface area contributed by atoms with Crippen LogP contribution in [0.25, 0.3) is 0 Å². The monoisotopic (exact) mass is 343 g/mol. The van der Waals surface area contributed by atoms with Crippen LogP contribution in [0, 0.1) is 5.82 Å². The van der Waals surface area contributed by atoms with E-state index in [9.17, 15) is 14.0 Å². The highest BCUT2D eigenvalue weighted by atomic mass is 19.1. The molecule has 6 nitrogen and oxygen atoms in total. The van der Waals surface area contributed by atoms with Crippen LogP contribution in [0.5, 0.6) is 5.75 Å².